The van der Waals surface area contributed by atoms with E-state index in [4.69, 9.17) is 9.47 Å². The highest BCUT2D eigenvalue weighted by Crippen LogP contribution is 2.31. The number of benzene rings is 3. The third kappa shape index (κ3) is 4.26. The van der Waals surface area contributed by atoms with Crippen molar-refractivity contribution in [3.63, 3.8) is 0 Å². The van der Waals surface area contributed by atoms with Gasteiger partial charge in [0.05, 0.1) is 23.7 Å². The number of para-hydroxylation sites is 2. The van der Waals surface area contributed by atoms with Gasteiger partial charge in [-0.2, -0.15) is 5.26 Å². The molecule has 31 heavy (non-hydrogen) atoms. The van der Waals surface area contributed by atoms with Gasteiger partial charge in [-0.3, -0.25) is 0 Å². The number of aryl methyl sites for hydroxylation is 1. The third-order valence-electron chi connectivity index (χ3n) is 4.95. The molecule has 0 amide bonds. The van der Waals surface area contributed by atoms with Crippen molar-refractivity contribution in [3.8, 4) is 17.6 Å². The summed E-state index contributed by atoms with van der Waals surface area (Å²) in [6.07, 6.45) is 1.77. The van der Waals surface area contributed by atoms with Gasteiger partial charge in [-0.05, 0) is 53.6 Å². The van der Waals surface area contributed by atoms with Crippen molar-refractivity contribution in [2.45, 2.75) is 6.61 Å². The second kappa shape index (κ2) is 8.72. The van der Waals surface area contributed by atoms with Gasteiger partial charge < -0.3 is 14.0 Å². The molecule has 0 spiro atoms. The van der Waals surface area contributed by atoms with E-state index in [-0.39, 0.29) is 12.4 Å². The smallest absolute Gasteiger partial charge is 0.161 e. The minimum atomic E-state index is -0.286. The fourth-order valence-corrected chi connectivity index (χ4v) is 3.33. The highest BCUT2D eigenvalue weighted by atomic mass is 19.1. The lowest BCUT2D eigenvalue weighted by Crippen LogP contribution is -1.98. The monoisotopic (exact) mass is 413 g/mol. The Bertz CT molecular complexity index is 1300. The molecule has 0 saturated heterocycles. The Labute approximate surface area is 179 Å². The Morgan fingerprint density at radius 3 is 2.58 bits per heavy atom. The molecule has 154 valence electrons. The molecule has 0 atom stereocenters. The van der Waals surface area contributed by atoms with Crippen molar-refractivity contribution in [2.75, 3.05) is 7.11 Å². The number of aromatic nitrogens is 2. The van der Waals surface area contributed by atoms with E-state index in [2.05, 4.69) is 11.1 Å². The minimum absolute atomic E-state index is 0.286. The fraction of sp³-hybridized carbons (Fsp3) is 0.120. The van der Waals surface area contributed by atoms with Crippen LogP contribution in [0.15, 0.2) is 66.7 Å². The number of imidazole rings is 1. The Morgan fingerprint density at radius 1 is 1.10 bits per heavy atom. The number of nitrogens with zero attached hydrogens (tertiary/aromatic N) is 3. The second-order valence-corrected chi connectivity index (χ2v) is 6.98. The zero-order valence-corrected chi connectivity index (χ0v) is 17.2. The summed E-state index contributed by atoms with van der Waals surface area (Å²) < 4.78 is 26.3. The van der Waals surface area contributed by atoms with Crippen molar-refractivity contribution in [3.05, 3.63) is 89.5 Å². The number of rotatable bonds is 6. The van der Waals surface area contributed by atoms with Gasteiger partial charge in [0.1, 0.15) is 18.5 Å². The van der Waals surface area contributed by atoms with Crippen LogP contribution in [0.4, 0.5) is 4.39 Å². The fourth-order valence-electron chi connectivity index (χ4n) is 3.33. The van der Waals surface area contributed by atoms with Crippen LogP contribution in [0, 0.1) is 17.1 Å². The maximum atomic E-state index is 13.1. The van der Waals surface area contributed by atoms with Gasteiger partial charge in [0.15, 0.2) is 17.3 Å². The number of nitriles is 1. The summed E-state index contributed by atoms with van der Waals surface area (Å²) in [6, 6.07) is 21.6. The lowest BCUT2D eigenvalue weighted by Gasteiger charge is -2.11. The molecular weight excluding hydrogens is 393 g/mol. The van der Waals surface area contributed by atoms with Crippen LogP contribution < -0.4 is 9.47 Å². The summed E-state index contributed by atoms with van der Waals surface area (Å²) >= 11 is 0. The van der Waals surface area contributed by atoms with Crippen LogP contribution in [0.25, 0.3) is 22.7 Å². The van der Waals surface area contributed by atoms with Gasteiger partial charge in [-0.1, -0.05) is 30.3 Å². The van der Waals surface area contributed by atoms with Gasteiger partial charge in [0.25, 0.3) is 0 Å². The summed E-state index contributed by atoms with van der Waals surface area (Å²) in [4.78, 5) is 4.60. The van der Waals surface area contributed by atoms with Crippen molar-refractivity contribution in [1.82, 2.24) is 9.55 Å². The SMILES string of the molecule is COc1cc(/C=C(/C#N)c2nc3ccccc3n2C)ccc1OCc1ccc(F)cc1. The Morgan fingerprint density at radius 2 is 1.87 bits per heavy atom. The number of halogens is 1. The molecule has 0 unspecified atom stereocenters. The van der Waals surface area contributed by atoms with E-state index < -0.39 is 0 Å². The molecule has 0 saturated carbocycles. The van der Waals surface area contributed by atoms with Gasteiger partial charge in [0.2, 0.25) is 0 Å². The van der Waals surface area contributed by atoms with E-state index in [0.29, 0.717) is 22.9 Å². The lowest BCUT2D eigenvalue weighted by molar-refractivity contribution is 0.284. The maximum absolute atomic E-state index is 13.1. The predicted octanol–water partition coefficient (Wildman–Crippen LogP) is 5.36. The molecule has 0 radical (unpaired) electrons. The van der Waals surface area contributed by atoms with E-state index in [9.17, 15) is 9.65 Å². The molecule has 3 aromatic carbocycles. The van der Waals surface area contributed by atoms with E-state index in [0.717, 1.165) is 22.2 Å². The van der Waals surface area contributed by atoms with Crippen molar-refractivity contribution >= 4 is 22.7 Å². The Hall–Kier alpha value is -4.11. The zero-order chi connectivity index (χ0) is 21.8. The summed E-state index contributed by atoms with van der Waals surface area (Å²) in [5.74, 6) is 1.41. The highest BCUT2D eigenvalue weighted by Gasteiger charge is 2.13. The van der Waals surface area contributed by atoms with E-state index in [1.807, 2.05) is 41.9 Å². The third-order valence-corrected chi connectivity index (χ3v) is 4.95. The first-order valence-electron chi connectivity index (χ1n) is 9.68. The van der Waals surface area contributed by atoms with Crippen molar-refractivity contribution in [1.29, 1.82) is 5.26 Å². The normalized spacial score (nSPS) is 11.4. The average molecular weight is 413 g/mol. The number of ether oxygens (including phenoxy) is 2. The van der Waals surface area contributed by atoms with Gasteiger partial charge in [0, 0.05) is 7.05 Å². The molecule has 4 rings (SSSR count). The molecule has 0 N–H and O–H groups in total. The maximum Gasteiger partial charge on any atom is 0.161 e. The number of methoxy groups -OCH3 is 1. The zero-order valence-electron chi connectivity index (χ0n) is 17.2. The largest absolute Gasteiger partial charge is 0.493 e. The molecular formula is C25H20FN3O2. The molecule has 0 aliphatic heterocycles. The molecule has 1 heterocycles. The van der Waals surface area contributed by atoms with Gasteiger partial charge in [-0.15, -0.1) is 0 Å². The quantitative estimate of drug-likeness (QED) is 0.399. The number of allylic oxidation sites excluding steroid dienone is 1. The van der Waals surface area contributed by atoms with E-state index >= 15 is 0 Å². The van der Waals surface area contributed by atoms with E-state index in [1.165, 1.54) is 12.1 Å². The van der Waals surface area contributed by atoms with Crippen LogP contribution in [0.5, 0.6) is 11.5 Å². The number of hydrogen-bond acceptors (Lipinski definition) is 4. The molecule has 0 bridgehead atoms. The number of fused-ring (bicyclic) bond motifs is 1. The summed E-state index contributed by atoms with van der Waals surface area (Å²) in [5.41, 5.74) is 3.88. The topological polar surface area (TPSA) is 60.1 Å². The number of hydrogen-bond donors (Lipinski definition) is 0. The van der Waals surface area contributed by atoms with Crippen LogP contribution in [-0.4, -0.2) is 16.7 Å². The first-order chi connectivity index (χ1) is 15.1. The van der Waals surface area contributed by atoms with Crippen LogP contribution in [0.3, 0.4) is 0 Å². The van der Waals surface area contributed by atoms with Crippen molar-refractivity contribution in [2.24, 2.45) is 7.05 Å². The average Bonchev–Trinajstić information content (AvgIpc) is 3.14. The molecule has 0 aliphatic carbocycles. The van der Waals surface area contributed by atoms with Gasteiger partial charge in [-0.25, -0.2) is 9.37 Å². The predicted molar refractivity (Wildman–Crippen MR) is 118 cm³/mol. The summed E-state index contributed by atoms with van der Waals surface area (Å²) in [5, 5.41) is 9.75. The van der Waals surface area contributed by atoms with E-state index in [1.54, 1.807) is 37.5 Å². The first kappa shape index (κ1) is 20.2. The summed E-state index contributed by atoms with van der Waals surface area (Å²) in [6.45, 7) is 0.287. The lowest BCUT2D eigenvalue weighted by atomic mass is 10.1. The van der Waals surface area contributed by atoms with Crippen LogP contribution in [-0.2, 0) is 13.7 Å². The molecule has 6 heteroatoms. The molecule has 0 aliphatic rings. The molecule has 0 fully saturated rings. The molecule has 1 aromatic heterocycles. The Balaban J connectivity index is 1.61. The second-order valence-electron chi connectivity index (χ2n) is 6.98. The molecule has 4 aromatic rings. The highest BCUT2D eigenvalue weighted by molar-refractivity contribution is 5.91. The first-order valence-corrected chi connectivity index (χ1v) is 9.68. The Kier molecular flexibility index (Phi) is 5.67. The molecule has 5 nitrogen and oxygen atoms in total. The van der Waals surface area contributed by atoms with Crippen LogP contribution >= 0.6 is 0 Å². The van der Waals surface area contributed by atoms with Gasteiger partial charge >= 0.3 is 0 Å². The van der Waals surface area contributed by atoms with Crippen LogP contribution in [0.1, 0.15) is 17.0 Å². The van der Waals surface area contributed by atoms with Crippen molar-refractivity contribution < 1.29 is 13.9 Å². The minimum Gasteiger partial charge on any atom is -0.493 e. The van der Waals surface area contributed by atoms with Crippen LogP contribution in [0.2, 0.25) is 0 Å². The summed E-state index contributed by atoms with van der Waals surface area (Å²) in [7, 11) is 3.45. The standard InChI is InChI=1S/C25H20FN3O2/c1-29-22-6-4-3-5-21(22)28-25(29)19(15-27)13-18-9-12-23(24(14-18)30-2)31-16-17-7-10-20(26)11-8-17/h3-14H,16H2,1-2H3/b19-13-.